The Morgan fingerprint density at radius 2 is 1.87 bits per heavy atom. The molecule has 1 fully saturated rings. The van der Waals surface area contributed by atoms with Gasteiger partial charge in [-0.1, -0.05) is 30.3 Å². The molecule has 4 rings (SSSR count). The highest BCUT2D eigenvalue weighted by atomic mass is 16.5. The normalized spacial score (nSPS) is 19.1. The second kappa shape index (κ2) is 8.46. The van der Waals surface area contributed by atoms with Crippen molar-refractivity contribution in [3.8, 4) is 5.88 Å². The highest BCUT2D eigenvalue weighted by molar-refractivity contribution is 5.85. The van der Waals surface area contributed by atoms with Crippen molar-refractivity contribution in [3.63, 3.8) is 0 Å². The second-order valence-electron chi connectivity index (χ2n) is 8.42. The van der Waals surface area contributed by atoms with Crippen LogP contribution in [-0.4, -0.2) is 45.3 Å². The summed E-state index contributed by atoms with van der Waals surface area (Å²) in [5.74, 6) is 1.07. The SMILES string of the molecule is Cc1cc(C)c2c(OCC(=O)N(C)C3CCC(c4ccccc4)CC3)nn(C)c2n1. The van der Waals surface area contributed by atoms with Crippen LogP contribution in [0.1, 0.15) is 48.4 Å². The Kier molecular flexibility index (Phi) is 5.75. The summed E-state index contributed by atoms with van der Waals surface area (Å²) >= 11 is 0. The Morgan fingerprint density at radius 3 is 2.57 bits per heavy atom. The quantitative estimate of drug-likeness (QED) is 0.639. The van der Waals surface area contributed by atoms with E-state index in [1.807, 2.05) is 38.9 Å². The fourth-order valence-electron chi connectivity index (χ4n) is 4.61. The molecule has 2 heterocycles. The maximum atomic E-state index is 12.8. The van der Waals surface area contributed by atoms with Gasteiger partial charge in [-0.3, -0.25) is 4.79 Å². The van der Waals surface area contributed by atoms with Crippen molar-refractivity contribution < 1.29 is 9.53 Å². The zero-order chi connectivity index (χ0) is 21.3. The fraction of sp³-hybridized carbons (Fsp3) is 0.458. The van der Waals surface area contributed by atoms with Crippen LogP contribution in [0.2, 0.25) is 0 Å². The smallest absolute Gasteiger partial charge is 0.260 e. The standard InChI is InChI=1S/C24H30N4O2/c1-16-14-17(2)25-23-22(16)24(26-28(23)4)30-15-21(29)27(3)20-12-10-19(11-13-20)18-8-6-5-7-9-18/h5-9,14,19-20H,10-13,15H2,1-4H3. The van der Waals surface area contributed by atoms with E-state index in [0.717, 1.165) is 48.0 Å². The van der Waals surface area contributed by atoms with Crippen LogP contribution in [0.25, 0.3) is 11.0 Å². The molecule has 2 aromatic heterocycles. The van der Waals surface area contributed by atoms with Crippen molar-refractivity contribution in [3.05, 3.63) is 53.2 Å². The number of hydrogen-bond acceptors (Lipinski definition) is 4. The third kappa shape index (κ3) is 4.04. The molecule has 0 N–H and O–H groups in total. The second-order valence-corrected chi connectivity index (χ2v) is 8.42. The maximum Gasteiger partial charge on any atom is 0.260 e. The zero-order valence-electron chi connectivity index (χ0n) is 18.3. The number of aryl methyl sites for hydroxylation is 3. The summed E-state index contributed by atoms with van der Waals surface area (Å²) in [5, 5.41) is 5.32. The van der Waals surface area contributed by atoms with Gasteiger partial charge in [-0.25, -0.2) is 9.67 Å². The van der Waals surface area contributed by atoms with Crippen LogP contribution in [0.15, 0.2) is 36.4 Å². The highest BCUT2D eigenvalue weighted by Gasteiger charge is 2.27. The third-order valence-corrected chi connectivity index (χ3v) is 6.33. The lowest BCUT2D eigenvalue weighted by molar-refractivity contribution is -0.134. The lowest BCUT2D eigenvalue weighted by atomic mass is 9.81. The first-order valence-corrected chi connectivity index (χ1v) is 10.7. The Balaban J connectivity index is 1.36. The average Bonchev–Trinajstić information content (AvgIpc) is 3.08. The molecule has 0 bridgehead atoms. The molecule has 0 aliphatic heterocycles. The Morgan fingerprint density at radius 1 is 1.17 bits per heavy atom. The molecule has 3 aromatic rings. The van der Waals surface area contributed by atoms with Gasteiger partial charge in [-0.15, -0.1) is 5.10 Å². The Bertz CT molecular complexity index is 1040. The minimum absolute atomic E-state index is 0.00492. The molecule has 0 unspecified atom stereocenters. The first kappa shape index (κ1) is 20.4. The molecule has 1 aliphatic carbocycles. The van der Waals surface area contributed by atoms with Crippen molar-refractivity contribution in [2.24, 2.45) is 7.05 Å². The van der Waals surface area contributed by atoms with E-state index >= 15 is 0 Å². The predicted molar refractivity (Wildman–Crippen MR) is 118 cm³/mol. The molecule has 0 spiro atoms. The summed E-state index contributed by atoms with van der Waals surface area (Å²) < 4.78 is 7.57. The van der Waals surface area contributed by atoms with E-state index in [4.69, 9.17) is 4.74 Å². The lowest BCUT2D eigenvalue weighted by Gasteiger charge is -2.34. The predicted octanol–water partition coefficient (Wildman–Crippen LogP) is 4.15. The van der Waals surface area contributed by atoms with E-state index in [9.17, 15) is 4.79 Å². The van der Waals surface area contributed by atoms with Gasteiger partial charge in [0.05, 0.1) is 5.39 Å². The maximum absolute atomic E-state index is 12.8. The summed E-state index contributed by atoms with van der Waals surface area (Å²) in [4.78, 5) is 19.2. The van der Waals surface area contributed by atoms with Gasteiger partial charge in [0, 0.05) is 25.8 Å². The molecule has 1 aromatic carbocycles. The molecule has 0 saturated heterocycles. The van der Waals surface area contributed by atoms with E-state index in [2.05, 4.69) is 40.4 Å². The highest BCUT2D eigenvalue weighted by Crippen LogP contribution is 2.34. The number of carbonyl (C=O) groups is 1. The number of carbonyl (C=O) groups excluding carboxylic acids is 1. The largest absolute Gasteiger partial charge is 0.466 e. The molecular formula is C24H30N4O2. The molecule has 1 saturated carbocycles. The van der Waals surface area contributed by atoms with Crippen LogP contribution in [0, 0.1) is 13.8 Å². The number of likely N-dealkylation sites (N-methyl/N-ethyl adjacent to an activating group) is 1. The van der Waals surface area contributed by atoms with E-state index in [-0.39, 0.29) is 18.6 Å². The van der Waals surface area contributed by atoms with Gasteiger partial charge in [0.25, 0.3) is 5.91 Å². The van der Waals surface area contributed by atoms with Crippen molar-refractivity contribution in [1.82, 2.24) is 19.7 Å². The Hall–Kier alpha value is -2.89. The Labute approximate surface area is 177 Å². The van der Waals surface area contributed by atoms with E-state index in [1.54, 1.807) is 4.68 Å². The summed E-state index contributed by atoms with van der Waals surface area (Å²) in [7, 11) is 3.74. The molecule has 158 valence electrons. The molecule has 30 heavy (non-hydrogen) atoms. The van der Waals surface area contributed by atoms with Crippen LogP contribution in [-0.2, 0) is 11.8 Å². The summed E-state index contributed by atoms with van der Waals surface area (Å²) in [6.45, 7) is 3.98. The summed E-state index contributed by atoms with van der Waals surface area (Å²) in [6, 6.07) is 13.0. The molecule has 0 radical (unpaired) electrons. The number of benzene rings is 1. The van der Waals surface area contributed by atoms with Crippen molar-refractivity contribution in [1.29, 1.82) is 0 Å². The summed E-state index contributed by atoms with van der Waals surface area (Å²) in [5.41, 5.74) is 4.19. The van der Waals surface area contributed by atoms with Gasteiger partial charge in [-0.05, 0) is 62.6 Å². The zero-order valence-corrected chi connectivity index (χ0v) is 18.3. The van der Waals surface area contributed by atoms with Crippen molar-refractivity contribution in [2.75, 3.05) is 13.7 Å². The monoisotopic (exact) mass is 406 g/mol. The van der Waals surface area contributed by atoms with E-state index in [1.165, 1.54) is 5.56 Å². The number of aromatic nitrogens is 3. The van der Waals surface area contributed by atoms with E-state index in [0.29, 0.717) is 11.8 Å². The van der Waals surface area contributed by atoms with Gasteiger partial charge in [-0.2, -0.15) is 0 Å². The van der Waals surface area contributed by atoms with Gasteiger partial charge >= 0.3 is 0 Å². The van der Waals surface area contributed by atoms with Crippen molar-refractivity contribution in [2.45, 2.75) is 51.5 Å². The molecule has 6 nitrogen and oxygen atoms in total. The molecule has 1 aliphatic rings. The van der Waals surface area contributed by atoms with E-state index < -0.39 is 0 Å². The fourth-order valence-corrected chi connectivity index (χ4v) is 4.61. The first-order chi connectivity index (χ1) is 14.4. The molecule has 0 atom stereocenters. The number of amides is 1. The van der Waals surface area contributed by atoms with Crippen LogP contribution in [0.4, 0.5) is 0 Å². The van der Waals surface area contributed by atoms with Crippen LogP contribution >= 0.6 is 0 Å². The number of ether oxygens (including phenoxy) is 1. The number of pyridine rings is 1. The topological polar surface area (TPSA) is 60.2 Å². The third-order valence-electron chi connectivity index (χ3n) is 6.33. The van der Waals surface area contributed by atoms with Gasteiger partial charge in [0.2, 0.25) is 5.88 Å². The van der Waals surface area contributed by atoms with Gasteiger partial charge < -0.3 is 9.64 Å². The number of hydrogen-bond donors (Lipinski definition) is 0. The first-order valence-electron chi connectivity index (χ1n) is 10.7. The number of fused-ring (bicyclic) bond motifs is 1. The van der Waals surface area contributed by atoms with Gasteiger partial charge in [0.1, 0.15) is 0 Å². The molecule has 6 heteroatoms. The molecule has 1 amide bonds. The number of nitrogens with zero attached hydrogens (tertiary/aromatic N) is 4. The van der Waals surface area contributed by atoms with Crippen LogP contribution in [0.5, 0.6) is 5.88 Å². The average molecular weight is 407 g/mol. The minimum atomic E-state index is -0.00541. The number of rotatable bonds is 5. The lowest BCUT2D eigenvalue weighted by Crippen LogP contribution is -2.41. The van der Waals surface area contributed by atoms with Crippen LogP contribution in [0.3, 0.4) is 0 Å². The van der Waals surface area contributed by atoms with Crippen molar-refractivity contribution >= 4 is 16.9 Å². The molecular weight excluding hydrogens is 376 g/mol. The van der Waals surface area contributed by atoms with Gasteiger partial charge in [0.15, 0.2) is 12.3 Å². The van der Waals surface area contributed by atoms with Crippen LogP contribution < -0.4 is 4.74 Å². The minimum Gasteiger partial charge on any atom is -0.466 e. The summed E-state index contributed by atoms with van der Waals surface area (Å²) in [6.07, 6.45) is 4.28.